The lowest BCUT2D eigenvalue weighted by Crippen LogP contribution is -2.49. The predicted octanol–water partition coefficient (Wildman–Crippen LogP) is 1.35. The third-order valence-electron chi connectivity index (χ3n) is 4.47. The van der Waals surface area contributed by atoms with Gasteiger partial charge in [0.2, 0.25) is 0 Å². The molecule has 1 atom stereocenters. The van der Waals surface area contributed by atoms with E-state index >= 15 is 0 Å². The molecule has 1 unspecified atom stereocenters. The number of carbonyl (C=O) groups is 1. The highest BCUT2D eigenvalue weighted by Crippen LogP contribution is 2.30. The molecule has 0 saturated carbocycles. The van der Waals surface area contributed by atoms with Crippen LogP contribution in [0.1, 0.15) is 37.0 Å². The summed E-state index contributed by atoms with van der Waals surface area (Å²) in [6.45, 7) is 3.42. The highest BCUT2D eigenvalue weighted by molar-refractivity contribution is 7.92. The average Bonchev–Trinajstić information content (AvgIpc) is 3.05. The van der Waals surface area contributed by atoms with Crippen LogP contribution in [0.25, 0.3) is 5.69 Å². The van der Waals surface area contributed by atoms with Crippen molar-refractivity contribution in [2.75, 3.05) is 5.75 Å². The molecule has 2 heterocycles. The van der Waals surface area contributed by atoms with Crippen LogP contribution in [0.15, 0.2) is 36.7 Å². The zero-order valence-electron chi connectivity index (χ0n) is 13.6. The maximum absolute atomic E-state index is 12.7. The lowest BCUT2D eigenvalue weighted by atomic mass is 9.99. The zero-order chi connectivity index (χ0) is 17.4. The molecule has 0 aliphatic carbocycles. The van der Waals surface area contributed by atoms with Crippen LogP contribution < -0.4 is 5.32 Å². The fraction of sp³-hybridized carbons (Fsp3) is 0.438. The molecule has 1 aromatic carbocycles. The second-order valence-corrected chi connectivity index (χ2v) is 9.35. The highest BCUT2D eigenvalue weighted by atomic mass is 32.2. The zero-order valence-corrected chi connectivity index (χ0v) is 14.5. The van der Waals surface area contributed by atoms with Gasteiger partial charge in [-0.3, -0.25) is 4.79 Å². The number of sulfone groups is 1. The third-order valence-corrected chi connectivity index (χ3v) is 7.09. The summed E-state index contributed by atoms with van der Waals surface area (Å²) in [6.07, 6.45) is 4.06. The topological polar surface area (TPSA) is 93.9 Å². The van der Waals surface area contributed by atoms with Gasteiger partial charge in [0.1, 0.15) is 0 Å². The van der Waals surface area contributed by atoms with Gasteiger partial charge in [-0.2, -0.15) is 0 Å². The second kappa shape index (κ2) is 6.01. The summed E-state index contributed by atoms with van der Waals surface area (Å²) >= 11 is 0. The Hall–Kier alpha value is -2.22. The summed E-state index contributed by atoms with van der Waals surface area (Å²) in [4.78, 5) is 12.7. The fourth-order valence-corrected chi connectivity index (χ4v) is 4.59. The Labute approximate surface area is 141 Å². The molecule has 24 heavy (non-hydrogen) atoms. The van der Waals surface area contributed by atoms with Crippen LogP contribution in [0.4, 0.5) is 0 Å². The average molecular weight is 348 g/mol. The Morgan fingerprint density at radius 1 is 1.33 bits per heavy atom. The number of hydrogen-bond donors (Lipinski definition) is 1. The first kappa shape index (κ1) is 16.6. The van der Waals surface area contributed by atoms with Crippen LogP contribution in [0.3, 0.4) is 0 Å². The molecule has 1 aromatic heterocycles. The van der Waals surface area contributed by atoms with E-state index in [1.807, 2.05) is 6.07 Å². The molecule has 1 saturated heterocycles. The molecule has 1 aliphatic heterocycles. The van der Waals surface area contributed by atoms with Gasteiger partial charge in [-0.15, -0.1) is 5.10 Å². The van der Waals surface area contributed by atoms with Crippen molar-refractivity contribution in [1.29, 1.82) is 0 Å². The van der Waals surface area contributed by atoms with Crippen LogP contribution in [0, 0.1) is 0 Å². The number of amides is 1. The lowest BCUT2D eigenvalue weighted by Gasteiger charge is -2.35. The van der Waals surface area contributed by atoms with Gasteiger partial charge < -0.3 is 5.32 Å². The Kier molecular flexibility index (Phi) is 4.16. The van der Waals surface area contributed by atoms with E-state index in [9.17, 15) is 13.2 Å². The van der Waals surface area contributed by atoms with E-state index in [2.05, 4.69) is 15.6 Å². The molecule has 1 aliphatic rings. The van der Waals surface area contributed by atoms with Gasteiger partial charge in [0.05, 0.1) is 34.1 Å². The Morgan fingerprint density at radius 2 is 2.08 bits per heavy atom. The van der Waals surface area contributed by atoms with Gasteiger partial charge >= 0.3 is 0 Å². The molecule has 1 N–H and O–H groups in total. The van der Waals surface area contributed by atoms with Crippen molar-refractivity contribution < 1.29 is 13.2 Å². The molecule has 8 heteroatoms. The van der Waals surface area contributed by atoms with Crippen molar-refractivity contribution in [2.24, 2.45) is 0 Å². The number of nitrogens with one attached hydrogen (secondary N) is 1. The molecule has 7 nitrogen and oxygen atoms in total. The molecule has 1 fully saturated rings. The number of carbonyl (C=O) groups excluding carboxylic acids is 1. The standard InChI is InChI=1S/C16H20N4O3S/c1-16(2)11-12(7-10-24(16,22)23)18-15(21)13-5-3-4-6-14(13)20-9-8-17-19-20/h3-6,8-9,12H,7,10-11H2,1-2H3,(H,18,21). The van der Waals surface area contributed by atoms with E-state index in [4.69, 9.17) is 0 Å². The van der Waals surface area contributed by atoms with Crippen molar-refractivity contribution in [3.05, 3.63) is 42.2 Å². The largest absolute Gasteiger partial charge is 0.349 e. The van der Waals surface area contributed by atoms with Crippen molar-refractivity contribution in [3.8, 4) is 5.69 Å². The van der Waals surface area contributed by atoms with E-state index in [1.165, 1.54) is 4.68 Å². The smallest absolute Gasteiger partial charge is 0.253 e. The summed E-state index contributed by atoms with van der Waals surface area (Å²) in [5.41, 5.74) is 1.12. The maximum Gasteiger partial charge on any atom is 0.253 e. The van der Waals surface area contributed by atoms with Crippen molar-refractivity contribution in [3.63, 3.8) is 0 Å². The number of nitrogens with zero attached hydrogens (tertiary/aromatic N) is 3. The van der Waals surface area contributed by atoms with Gasteiger partial charge in [-0.25, -0.2) is 13.1 Å². The molecule has 0 spiro atoms. The summed E-state index contributed by atoms with van der Waals surface area (Å²) in [7, 11) is -3.11. The number of benzene rings is 1. The molecule has 1 amide bonds. The van der Waals surface area contributed by atoms with Crippen LogP contribution in [-0.4, -0.2) is 45.9 Å². The summed E-state index contributed by atoms with van der Waals surface area (Å²) in [6, 6.07) is 6.95. The molecule has 0 radical (unpaired) electrons. The van der Waals surface area contributed by atoms with Gasteiger partial charge in [0.15, 0.2) is 9.84 Å². The molecule has 2 aromatic rings. The molecule has 3 rings (SSSR count). The number of rotatable bonds is 3. The van der Waals surface area contributed by atoms with Gasteiger partial charge in [0, 0.05) is 6.04 Å². The minimum Gasteiger partial charge on any atom is -0.349 e. The summed E-state index contributed by atoms with van der Waals surface area (Å²) < 4.78 is 24.9. The minimum absolute atomic E-state index is 0.0929. The number of hydrogen-bond acceptors (Lipinski definition) is 5. The highest BCUT2D eigenvalue weighted by Gasteiger charge is 2.41. The Balaban J connectivity index is 1.80. The molecule has 128 valence electrons. The van der Waals surface area contributed by atoms with E-state index in [0.717, 1.165) is 0 Å². The van der Waals surface area contributed by atoms with Gasteiger partial charge in [-0.05, 0) is 38.8 Å². The fourth-order valence-electron chi connectivity index (χ4n) is 2.98. The lowest BCUT2D eigenvalue weighted by molar-refractivity contribution is 0.0930. The summed E-state index contributed by atoms with van der Waals surface area (Å²) in [5.74, 6) is -0.142. The van der Waals surface area contributed by atoms with Crippen LogP contribution in [0.5, 0.6) is 0 Å². The van der Waals surface area contributed by atoms with Crippen LogP contribution in [-0.2, 0) is 9.84 Å². The predicted molar refractivity (Wildman–Crippen MR) is 89.7 cm³/mol. The first-order valence-electron chi connectivity index (χ1n) is 7.79. The normalized spacial score (nSPS) is 22.0. The minimum atomic E-state index is -3.11. The Bertz CT molecular complexity index is 844. The Morgan fingerprint density at radius 3 is 2.75 bits per heavy atom. The first-order valence-corrected chi connectivity index (χ1v) is 9.44. The quantitative estimate of drug-likeness (QED) is 0.904. The van der Waals surface area contributed by atoms with Crippen molar-refractivity contribution in [1.82, 2.24) is 20.3 Å². The van der Waals surface area contributed by atoms with Crippen molar-refractivity contribution in [2.45, 2.75) is 37.5 Å². The van der Waals surface area contributed by atoms with Crippen LogP contribution in [0.2, 0.25) is 0 Å². The molecular weight excluding hydrogens is 328 g/mol. The van der Waals surface area contributed by atoms with Crippen molar-refractivity contribution >= 4 is 15.7 Å². The SMILES string of the molecule is CC1(C)CC(NC(=O)c2ccccc2-n2ccnn2)CCS1(=O)=O. The van der Waals surface area contributed by atoms with Gasteiger partial charge in [0.25, 0.3) is 5.91 Å². The third kappa shape index (κ3) is 3.06. The van der Waals surface area contributed by atoms with E-state index < -0.39 is 14.6 Å². The second-order valence-electron chi connectivity index (χ2n) is 6.61. The number of para-hydroxylation sites is 1. The first-order chi connectivity index (χ1) is 11.3. The maximum atomic E-state index is 12.7. The molecule has 0 bridgehead atoms. The van der Waals surface area contributed by atoms with E-state index in [0.29, 0.717) is 24.1 Å². The number of aromatic nitrogens is 3. The van der Waals surface area contributed by atoms with Crippen LogP contribution >= 0.6 is 0 Å². The van der Waals surface area contributed by atoms with E-state index in [1.54, 1.807) is 44.4 Å². The van der Waals surface area contributed by atoms with Gasteiger partial charge in [-0.1, -0.05) is 17.3 Å². The summed E-state index contributed by atoms with van der Waals surface area (Å²) in [5, 5.41) is 10.7. The monoisotopic (exact) mass is 348 g/mol. The van der Waals surface area contributed by atoms with E-state index in [-0.39, 0.29) is 17.7 Å². The molecular formula is C16H20N4O3S.